The number of ether oxygens (including phenoxy) is 1. The van der Waals surface area contributed by atoms with E-state index >= 15 is 0 Å². The van der Waals surface area contributed by atoms with Crippen LogP contribution in [0.1, 0.15) is 46.0 Å². The van der Waals surface area contributed by atoms with Crippen molar-refractivity contribution in [1.82, 2.24) is 10.2 Å². The maximum atomic E-state index is 5.63. The zero-order chi connectivity index (χ0) is 12.8. The van der Waals surface area contributed by atoms with E-state index in [4.69, 9.17) is 4.74 Å². The standard InChI is InChI=1S/C15H30N2O/c1-3-5-15-12-18-9-8-17(15)11-13(2)10-14-6-4-7-16-14/h13-16H,3-12H2,1-2H3. The van der Waals surface area contributed by atoms with E-state index < -0.39 is 0 Å². The summed E-state index contributed by atoms with van der Waals surface area (Å²) in [5.74, 6) is 0.804. The van der Waals surface area contributed by atoms with E-state index in [-0.39, 0.29) is 0 Å². The Morgan fingerprint density at radius 1 is 1.44 bits per heavy atom. The van der Waals surface area contributed by atoms with Crippen molar-refractivity contribution in [3.8, 4) is 0 Å². The van der Waals surface area contributed by atoms with E-state index in [9.17, 15) is 0 Å². The number of nitrogens with one attached hydrogen (secondary N) is 1. The van der Waals surface area contributed by atoms with Gasteiger partial charge in [0.2, 0.25) is 0 Å². The lowest BCUT2D eigenvalue weighted by molar-refractivity contribution is -0.0171. The third-order valence-electron chi connectivity index (χ3n) is 4.37. The number of hydrogen-bond acceptors (Lipinski definition) is 3. The largest absolute Gasteiger partial charge is 0.378 e. The Labute approximate surface area is 112 Å². The Morgan fingerprint density at radius 2 is 2.33 bits per heavy atom. The molecule has 0 radical (unpaired) electrons. The lowest BCUT2D eigenvalue weighted by Crippen LogP contribution is -2.47. The van der Waals surface area contributed by atoms with Crippen molar-refractivity contribution < 1.29 is 4.74 Å². The minimum absolute atomic E-state index is 0.669. The maximum absolute atomic E-state index is 5.63. The van der Waals surface area contributed by atoms with Crippen molar-refractivity contribution in [2.24, 2.45) is 5.92 Å². The van der Waals surface area contributed by atoms with Gasteiger partial charge in [-0.15, -0.1) is 0 Å². The molecule has 18 heavy (non-hydrogen) atoms. The van der Waals surface area contributed by atoms with Crippen LogP contribution in [0.4, 0.5) is 0 Å². The van der Waals surface area contributed by atoms with Crippen LogP contribution in [0.5, 0.6) is 0 Å². The van der Waals surface area contributed by atoms with Crippen LogP contribution < -0.4 is 5.32 Å². The number of hydrogen-bond donors (Lipinski definition) is 1. The van der Waals surface area contributed by atoms with Crippen LogP contribution in [0.3, 0.4) is 0 Å². The summed E-state index contributed by atoms with van der Waals surface area (Å²) in [4.78, 5) is 2.67. The first-order valence-electron chi connectivity index (χ1n) is 7.84. The molecule has 0 aromatic rings. The highest BCUT2D eigenvalue weighted by molar-refractivity contribution is 4.80. The molecule has 3 atom stereocenters. The van der Waals surface area contributed by atoms with Gasteiger partial charge >= 0.3 is 0 Å². The summed E-state index contributed by atoms with van der Waals surface area (Å²) in [6.45, 7) is 10.2. The van der Waals surface area contributed by atoms with Crippen molar-refractivity contribution in [2.75, 3.05) is 32.8 Å². The molecular weight excluding hydrogens is 224 g/mol. The van der Waals surface area contributed by atoms with Crippen molar-refractivity contribution in [3.05, 3.63) is 0 Å². The van der Waals surface area contributed by atoms with Crippen LogP contribution >= 0.6 is 0 Å². The molecule has 2 rings (SSSR count). The average Bonchev–Trinajstić information content (AvgIpc) is 2.84. The SMILES string of the molecule is CCCC1COCCN1CC(C)CC1CCCN1. The van der Waals surface area contributed by atoms with E-state index in [1.807, 2.05) is 0 Å². The van der Waals surface area contributed by atoms with E-state index in [0.717, 1.165) is 31.7 Å². The summed E-state index contributed by atoms with van der Waals surface area (Å²) >= 11 is 0. The quantitative estimate of drug-likeness (QED) is 0.787. The minimum Gasteiger partial charge on any atom is -0.378 e. The smallest absolute Gasteiger partial charge is 0.0622 e. The normalized spacial score (nSPS) is 31.7. The lowest BCUT2D eigenvalue weighted by Gasteiger charge is -2.37. The number of rotatable bonds is 6. The molecule has 3 nitrogen and oxygen atoms in total. The molecule has 2 saturated heterocycles. The average molecular weight is 254 g/mol. The van der Waals surface area contributed by atoms with Gasteiger partial charge in [-0.2, -0.15) is 0 Å². The molecule has 0 aromatic carbocycles. The lowest BCUT2D eigenvalue weighted by atomic mass is 9.98. The first-order chi connectivity index (χ1) is 8.79. The highest BCUT2D eigenvalue weighted by atomic mass is 16.5. The molecule has 106 valence electrons. The predicted molar refractivity (Wildman–Crippen MR) is 75.9 cm³/mol. The second kappa shape index (κ2) is 7.46. The Hall–Kier alpha value is -0.120. The van der Waals surface area contributed by atoms with Crippen molar-refractivity contribution >= 4 is 0 Å². The zero-order valence-electron chi connectivity index (χ0n) is 12.2. The third kappa shape index (κ3) is 4.22. The molecule has 0 spiro atoms. The molecular formula is C15H30N2O. The summed E-state index contributed by atoms with van der Waals surface area (Å²) in [5.41, 5.74) is 0. The molecule has 0 saturated carbocycles. The molecule has 2 fully saturated rings. The molecule has 1 N–H and O–H groups in total. The number of nitrogens with zero attached hydrogens (tertiary/aromatic N) is 1. The zero-order valence-corrected chi connectivity index (χ0v) is 12.2. The van der Waals surface area contributed by atoms with Crippen LogP contribution in [0, 0.1) is 5.92 Å². The maximum Gasteiger partial charge on any atom is 0.0622 e. The fourth-order valence-electron chi connectivity index (χ4n) is 3.45. The summed E-state index contributed by atoms with van der Waals surface area (Å²) < 4.78 is 5.63. The molecule has 0 bridgehead atoms. The van der Waals surface area contributed by atoms with Crippen molar-refractivity contribution in [2.45, 2.75) is 58.0 Å². The van der Waals surface area contributed by atoms with Crippen LogP contribution in [0.15, 0.2) is 0 Å². The van der Waals surface area contributed by atoms with Crippen LogP contribution in [-0.2, 0) is 4.74 Å². The second-order valence-corrected chi connectivity index (χ2v) is 6.15. The van der Waals surface area contributed by atoms with Gasteiger partial charge in [0.25, 0.3) is 0 Å². The highest BCUT2D eigenvalue weighted by Crippen LogP contribution is 2.19. The predicted octanol–water partition coefficient (Wildman–Crippen LogP) is 2.27. The van der Waals surface area contributed by atoms with Gasteiger partial charge in [0.15, 0.2) is 0 Å². The summed E-state index contributed by atoms with van der Waals surface area (Å²) in [5, 5.41) is 3.62. The van der Waals surface area contributed by atoms with Gasteiger partial charge in [-0.25, -0.2) is 0 Å². The fourth-order valence-corrected chi connectivity index (χ4v) is 3.45. The molecule has 3 unspecified atom stereocenters. The first kappa shape index (κ1) is 14.3. The van der Waals surface area contributed by atoms with E-state index in [2.05, 4.69) is 24.1 Å². The van der Waals surface area contributed by atoms with E-state index in [0.29, 0.717) is 6.04 Å². The van der Waals surface area contributed by atoms with Gasteiger partial charge in [-0.1, -0.05) is 20.3 Å². The van der Waals surface area contributed by atoms with Crippen molar-refractivity contribution in [3.63, 3.8) is 0 Å². The minimum atomic E-state index is 0.669. The summed E-state index contributed by atoms with van der Waals surface area (Å²) in [6.07, 6.45) is 6.65. The van der Waals surface area contributed by atoms with Crippen LogP contribution in [-0.4, -0.2) is 49.8 Å². The van der Waals surface area contributed by atoms with Gasteiger partial charge in [0.05, 0.1) is 13.2 Å². The van der Waals surface area contributed by atoms with E-state index in [1.54, 1.807) is 0 Å². The van der Waals surface area contributed by atoms with Gasteiger partial charge in [-0.05, 0) is 38.1 Å². The van der Waals surface area contributed by atoms with Gasteiger partial charge < -0.3 is 10.1 Å². The fraction of sp³-hybridized carbons (Fsp3) is 1.00. The Kier molecular flexibility index (Phi) is 5.93. The second-order valence-electron chi connectivity index (χ2n) is 6.15. The molecule has 2 heterocycles. The molecule has 0 aliphatic carbocycles. The molecule has 3 heteroatoms. The van der Waals surface area contributed by atoms with Crippen molar-refractivity contribution in [1.29, 1.82) is 0 Å². The van der Waals surface area contributed by atoms with Gasteiger partial charge in [0.1, 0.15) is 0 Å². The van der Waals surface area contributed by atoms with E-state index in [1.165, 1.54) is 45.2 Å². The molecule has 0 aromatic heterocycles. The van der Waals surface area contributed by atoms with Crippen LogP contribution in [0.25, 0.3) is 0 Å². The summed E-state index contributed by atoms with van der Waals surface area (Å²) in [6, 6.07) is 1.45. The van der Waals surface area contributed by atoms with Crippen LogP contribution in [0.2, 0.25) is 0 Å². The molecule has 2 aliphatic heterocycles. The summed E-state index contributed by atoms with van der Waals surface area (Å²) in [7, 11) is 0. The monoisotopic (exact) mass is 254 g/mol. The third-order valence-corrected chi connectivity index (χ3v) is 4.37. The number of morpholine rings is 1. The molecule has 2 aliphatic rings. The Morgan fingerprint density at radius 3 is 3.06 bits per heavy atom. The Bertz CT molecular complexity index is 227. The van der Waals surface area contributed by atoms with Gasteiger partial charge in [0, 0.05) is 25.2 Å². The van der Waals surface area contributed by atoms with Gasteiger partial charge in [-0.3, -0.25) is 4.90 Å². The Balaban J connectivity index is 1.74. The topological polar surface area (TPSA) is 24.5 Å². The molecule has 0 amide bonds. The first-order valence-corrected chi connectivity index (χ1v) is 7.84. The highest BCUT2D eigenvalue weighted by Gasteiger charge is 2.25.